The molecule has 27 heavy (non-hydrogen) atoms. The minimum Gasteiger partial charge on any atom is -0.205 e. The summed E-state index contributed by atoms with van der Waals surface area (Å²) in [6.45, 7) is 3.87. The molecule has 3 aliphatic rings. The highest BCUT2D eigenvalue weighted by Crippen LogP contribution is 2.55. The summed E-state index contributed by atoms with van der Waals surface area (Å²) in [5, 5.41) is -0.374. The number of hydrogen-bond donors (Lipinski definition) is 0. The van der Waals surface area contributed by atoms with Gasteiger partial charge in [0, 0.05) is 0 Å². The second-order valence-electron chi connectivity index (χ2n) is 9.28. The highest BCUT2D eigenvalue weighted by atomic mass is 35.5. The molecule has 0 spiro atoms. The molecule has 0 saturated heterocycles. The zero-order chi connectivity index (χ0) is 19.0. The van der Waals surface area contributed by atoms with Crippen molar-refractivity contribution in [1.82, 2.24) is 0 Å². The SMILES string of the molecule is C=CCC[C@@H]1CC[C@H]2[C@H](CC[C@H]3CC(c4cc(F)c(Cl)c(F)c4)CC[C@@H]32)C1. The Morgan fingerprint density at radius 1 is 0.926 bits per heavy atom. The molecule has 3 fully saturated rings. The molecule has 6 atom stereocenters. The van der Waals surface area contributed by atoms with Crippen LogP contribution in [0.4, 0.5) is 8.78 Å². The van der Waals surface area contributed by atoms with Crippen LogP contribution in [0.1, 0.15) is 75.7 Å². The molecule has 0 nitrogen and oxygen atoms in total. The molecule has 0 N–H and O–H groups in total. The lowest BCUT2D eigenvalue weighted by atomic mass is 9.55. The summed E-state index contributed by atoms with van der Waals surface area (Å²) in [6.07, 6.45) is 14.8. The molecule has 3 saturated carbocycles. The van der Waals surface area contributed by atoms with Gasteiger partial charge in [0.2, 0.25) is 0 Å². The fourth-order valence-electron chi connectivity index (χ4n) is 6.62. The molecule has 0 radical (unpaired) electrons. The third kappa shape index (κ3) is 3.97. The number of benzene rings is 1. The Labute approximate surface area is 167 Å². The molecule has 1 unspecified atom stereocenters. The predicted octanol–water partition coefficient (Wildman–Crippen LogP) is 7.91. The van der Waals surface area contributed by atoms with Gasteiger partial charge >= 0.3 is 0 Å². The maximum atomic E-state index is 13.9. The third-order valence-electron chi connectivity index (χ3n) is 7.91. The van der Waals surface area contributed by atoms with Gasteiger partial charge in [0.15, 0.2) is 0 Å². The summed E-state index contributed by atoms with van der Waals surface area (Å²) >= 11 is 5.66. The first kappa shape index (κ1) is 19.4. The van der Waals surface area contributed by atoms with Crippen molar-refractivity contribution in [2.45, 2.75) is 70.1 Å². The minimum atomic E-state index is -0.615. The van der Waals surface area contributed by atoms with Gasteiger partial charge in [0.05, 0.1) is 0 Å². The number of allylic oxidation sites excluding steroid dienone is 1. The summed E-state index contributed by atoms with van der Waals surface area (Å²) < 4.78 is 27.8. The number of fused-ring (bicyclic) bond motifs is 3. The second-order valence-corrected chi connectivity index (χ2v) is 9.66. The molecule has 3 aliphatic carbocycles. The average Bonchev–Trinajstić information content (AvgIpc) is 2.69. The van der Waals surface area contributed by atoms with Crippen LogP contribution in [0.2, 0.25) is 5.02 Å². The van der Waals surface area contributed by atoms with Crippen LogP contribution in [0.5, 0.6) is 0 Å². The van der Waals surface area contributed by atoms with E-state index in [4.69, 9.17) is 11.6 Å². The van der Waals surface area contributed by atoms with Crippen LogP contribution in [-0.4, -0.2) is 0 Å². The van der Waals surface area contributed by atoms with Crippen molar-refractivity contribution in [2.75, 3.05) is 0 Å². The van der Waals surface area contributed by atoms with Crippen LogP contribution >= 0.6 is 11.6 Å². The van der Waals surface area contributed by atoms with Gasteiger partial charge in [-0.2, -0.15) is 0 Å². The molecule has 1 aromatic rings. The normalized spacial score (nSPS) is 36.0. The Morgan fingerprint density at radius 3 is 2.22 bits per heavy atom. The van der Waals surface area contributed by atoms with Crippen molar-refractivity contribution in [3.8, 4) is 0 Å². The average molecular weight is 393 g/mol. The molecule has 0 amide bonds. The monoisotopic (exact) mass is 392 g/mol. The van der Waals surface area contributed by atoms with Crippen molar-refractivity contribution in [2.24, 2.45) is 29.6 Å². The summed E-state index contributed by atoms with van der Waals surface area (Å²) in [6, 6.07) is 2.93. The van der Waals surface area contributed by atoms with Crippen LogP contribution in [0.3, 0.4) is 0 Å². The molecule has 0 aliphatic heterocycles. The standard InChI is InChI=1S/C24H31ClF2/c1-2-3-4-15-5-9-20-17(11-15)6-7-18-12-16(8-10-21(18)20)19-13-22(26)24(25)23(27)14-19/h2,13-18,20-21H,1,3-12H2/t15-,16?,17-,18+,20+,21+/m1/s1. The minimum absolute atomic E-state index is 0.285. The van der Waals surface area contributed by atoms with Crippen molar-refractivity contribution in [3.63, 3.8) is 0 Å². The van der Waals surface area contributed by atoms with Crippen LogP contribution in [-0.2, 0) is 0 Å². The smallest absolute Gasteiger partial charge is 0.145 e. The van der Waals surface area contributed by atoms with Crippen molar-refractivity contribution in [3.05, 3.63) is 47.0 Å². The van der Waals surface area contributed by atoms with E-state index in [0.717, 1.165) is 54.4 Å². The van der Waals surface area contributed by atoms with Crippen molar-refractivity contribution < 1.29 is 8.78 Å². The highest BCUT2D eigenvalue weighted by molar-refractivity contribution is 6.30. The largest absolute Gasteiger partial charge is 0.205 e. The first-order valence-corrected chi connectivity index (χ1v) is 11.2. The van der Waals surface area contributed by atoms with Gasteiger partial charge in [-0.3, -0.25) is 0 Å². The first-order valence-electron chi connectivity index (χ1n) is 10.8. The summed E-state index contributed by atoms with van der Waals surface area (Å²) in [7, 11) is 0. The topological polar surface area (TPSA) is 0 Å². The summed E-state index contributed by atoms with van der Waals surface area (Å²) in [4.78, 5) is 0. The Balaban J connectivity index is 1.41. The van der Waals surface area contributed by atoms with Gasteiger partial charge in [-0.25, -0.2) is 8.78 Å². The maximum Gasteiger partial charge on any atom is 0.145 e. The van der Waals surface area contributed by atoms with E-state index < -0.39 is 11.6 Å². The molecule has 4 rings (SSSR count). The summed E-state index contributed by atoms with van der Waals surface area (Å²) in [5.74, 6) is 3.33. The van der Waals surface area contributed by atoms with E-state index in [0.29, 0.717) is 0 Å². The fourth-order valence-corrected chi connectivity index (χ4v) is 6.73. The van der Waals surface area contributed by atoms with Crippen molar-refractivity contribution in [1.29, 1.82) is 0 Å². The van der Waals surface area contributed by atoms with Crippen LogP contribution in [0.25, 0.3) is 0 Å². The van der Waals surface area contributed by atoms with E-state index in [2.05, 4.69) is 12.7 Å². The molecule has 3 heteroatoms. The number of hydrogen-bond acceptors (Lipinski definition) is 0. The number of halogens is 3. The van der Waals surface area contributed by atoms with Gasteiger partial charge < -0.3 is 0 Å². The Morgan fingerprint density at radius 2 is 1.56 bits per heavy atom. The van der Waals surface area contributed by atoms with E-state index in [1.165, 1.54) is 57.1 Å². The zero-order valence-electron chi connectivity index (χ0n) is 16.1. The van der Waals surface area contributed by atoms with E-state index in [-0.39, 0.29) is 10.9 Å². The van der Waals surface area contributed by atoms with Crippen LogP contribution in [0.15, 0.2) is 24.8 Å². The summed E-state index contributed by atoms with van der Waals surface area (Å²) in [5.41, 5.74) is 0.808. The Kier molecular flexibility index (Phi) is 5.92. The van der Waals surface area contributed by atoms with E-state index in [9.17, 15) is 8.78 Å². The second kappa shape index (κ2) is 8.23. The molecule has 1 aromatic carbocycles. The van der Waals surface area contributed by atoms with Gasteiger partial charge in [0.25, 0.3) is 0 Å². The van der Waals surface area contributed by atoms with Gasteiger partial charge in [0.1, 0.15) is 16.7 Å². The van der Waals surface area contributed by atoms with Crippen molar-refractivity contribution >= 4 is 11.6 Å². The van der Waals surface area contributed by atoms with E-state index in [1.54, 1.807) is 0 Å². The lowest BCUT2D eigenvalue weighted by molar-refractivity contribution is 0.00562. The third-order valence-corrected chi connectivity index (χ3v) is 8.27. The molecule has 148 valence electrons. The highest BCUT2D eigenvalue weighted by Gasteiger charge is 2.44. The van der Waals surface area contributed by atoms with Crippen LogP contribution < -0.4 is 0 Å². The van der Waals surface area contributed by atoms with Gasteiger partial charge in [-0.1, -0.05) is 24.1 Å². The fraction of sp³-hybridized carbons (Fsp3) is 0.667. The molecule has 0 heterocycles. The van der Waals surface area contributed by atoms with Gasteiger partial charge in [-0.05, 0) is 111 Å². The molecule has 0 aromatic heterocycles. The quantitative estimate of drug-likeness (QED) is 0.360. The van der Waals surface area contributed by atoms with E-state index >= 15 is 0 Å². The Bertz CT molecular complexity index is 662. The first-order chi connectivity index (χ1) is 13.1. The lowest BCUT2D eigenvalue weighted by Gasteiger charge is -2.51. The molecule has 0 bridgehead atoms. The molecular formula is C24H31ClF2. The maximum absolute atomic E-state index is 13.9. The number of rotatable bonds is 4. The van der Waals surface area contributed by atoms with E-state index in [1.807, 2.05) is 0 Å². The predicted molar refractivity (Wildman–Crippen MR) is 108 cm³/mol. The Hall–Kier alpha value is -0.890. The van der Waals surface area contributed by atoms with Crippen LogP contribution in [0, 0.1) is 41.2 Å². The van der Waals surface area contributed by atoms with Gasteiger partial charge in [-0.15, -0.1) is 6.58 Å². The lowest BCUT2D eigenvalue weighted by Crippen LogP contribution is -2.41. The molecular weight excluding hydrogens is 362 g/mol. The zero-order valence-corrected chi connectivity index (χ0v) is 16.9.